The van der Waals surface area contributed by atoms with E-state index in [1.54, 1.807) is 17.9 Å². The fraction of sp³-hybridized carbons (Fsp3) is 0.438. The number of aliphatic hydroxyl groups is 1. The molecule has 2 heterocycles. The molecule has 1 aliphatic heterocycles. The normalized spacial score (nSPS) is 21.5. The van der Waals surface area contributed by atoms with Gasteiger partial charge < -0.3 is 20.3 Å². The van der Waals surface area contributed by atoms with Gasteiger partial charge in [-0.1, -0.05) is 0 Å². The number of aromatic amines is 1. The molecule has 2 amide bonds. The predicted octanol–water partition coefficient (Wildman–Crippen LogP) is 2.02. The number of hydrogen-bond donors (Lipinski definition) is 3. The number of nitrogens with one attached hydrogen (secondary N) is 2. The fourth-order valence-electron chi connectivity index (χ4n) is 2.90. The van der Waals surface area contributed by atoms with Gasteiger partial charge in [0.1, 0.15) is 5.82 Å². The van der Waals surface area contributed by atoms with Crippen LogP contribution in [0.5, 0.6) is 0 Å². The van der Waals surface area contributed by atoms with Gasteiger partial charge >= 0.3 is 6.03 Å². The summed E-state index contributed by atoms with van der Waals surface area (Å²) in [7, 11) is 0. The molecule has 6 heteroatoms. The summed E-state index contributed by atoms with van der Waals surface area (Å²) < 4.78 is 13.1. The number of urea groups is 1. The molecule has 22 heavy (non-hydrogen) atoms. The number of aromatic nitrogens is 1. The molecule has 5 nitrogen and oxygen atoms in total. The molecule has 1 aromatic carbocycles. The van der Waals surface area contributed by atoms with Crippen LogP contribution in [-0.4, -0.2) is 46.3 Å². The number of β-amino-alcohol motifs (C(OH)–C–C–N with tert-alkyl or cyclic N) is 1. The minimum atomic E-state index is -0.780. The van der Waals surface area contributed by atoms with E-state index in [1.807, 2.05) is 6.20 Å². The van der Waals surface area contributed by atoms with Gasteiger partial charge in [0.2, 0.25) is 0 Å². The summed E-state index contributed by atoms with van der Waals surface area (Å²) in [5.74, 6) is -0.268. The van der Waals surface area contributed by atoms with Gasteiger partial charge in [-0.05, 0) is 43.5 Å². The van der Waals surface area contributed by atoms with Crippen molar-refractivity contribution in [3.8, 4) is 0 Å². The van der Waals surface area contributed by atoms with Gasteiger partial charge in [-0.25, -0.2) is 9.18 Å². The highest BCUT2D eigenvalue weighted by atomic mass is 19.1. The Bertz CT molecular complexity index is 696. The monoisotopic (exact) mass is 305 g/mol. The third-order valence-corrected chi connectivity index (χ3v) is 4.14. The highest BCUT2D eigenvalue weighted by Crippen LogP contribution is 2.21. The fourth-order valence-corrected chi connectivity index (χ4v) is 2.90. The summed E-state index contributed by atoms with van der Waals surface area (Å²) in [4.78, 5) is 16.7. The van der Waals surface area contributed by atoms with Gasteiger partial charge in [0.25, 0.3) is 0 Å². The number of H-pyrrole nitrogens is 1. The molecule has 0 radical (unpaired) electrons. The Labute approximate surface area is 128 Å². The second-order valence-corrected chi connectivity index (χ2v) is 6.15. The average Bonchev–Trinajstić information content (AvgIpc) is 3.02. The third kappa shape index (κ3) is 3.06. The number of hydrogen-bond acceptors (Lipinski definition) is 2. The first-order valence-electron chi connectivity index (χ1n) is 7.45. The Morgan fingerprint density at radius 2 is 2.36 bits per heavy atom. The van der Waals surface area contributed by atoms with Crippen LogP contribution in [0, 0.1) is 5.82 Å². The van der Waals surface area contributed by atoms with Crippen molar-refractivity contribution in [3.05, 3.63) is 35.8 Å². The van der Waals surface area contributed by atoms with E-state index < -0.39 is 5.60 Å². The van der Waals surface area contributed by atoms with E-state index in [-0.39, 0.29) is 11.8 Å². The molecular weight excluding hydrogens is 285 g/mol. The van der Waals surface area contributed by atoms with Crippen molar-refractivity contribution < 1.29 is 14.3 Å². The van der Waals surface area contributed by atoms with Gasteiger partial charge in [0, 0.05) is 30.2 Å². The van der Waals surface area contributed by atoms with E-state index >= 15 is 0 Å². The lowest BCUT2D eigenvalue weighted by Crippen LogP contribution is -2.41. The Morgan fingerprint density at radius 1 is 1.55 bits per heavy atom. The molecule has 1 saturated heterocycles. The summed E-state index contributed by atoms with van der Waals surface area (Å²) in [5.41, 5.74) is 1.03. The van der Waals surface area contributed by atoms with Crippen molar-refractivity contribution in [1.82, 2.24) is 15.2 Å². The largest absolute Gasteiger partial charge is 0.388 e. The van der Waals surface area contributed by atoms with Crippen LogP contribution in [0.3, 0.4) is 0 Å². The molecule has 3 N–H and O–H groups in total. The first-order valence-corrected chi connectivity index (χ1v) is 7.45. The number of carbonyl (C=O) groups excluding carboxylic acids is 1. The van der Waals surface area contributed by atoms with Crippen LogP contribution in [0.15, 0.2) is 24.4 Å². The summed E-state index contributed by atoms with van der Waals surface area (Å²) in [6.45, 7) is 3.18. The van der Waals surface area contributed by atoms with E-state index in [2.05, 4.69) is 10.3 Å². The van der Waals surface area contributed by atoms with Crippen LogP contribution in [0.4, 0.5) is 9.18 Å². The van der Waals surface area contributed by atoms with Gasteiger partial charge in [0.15, 0.2) is 0 Å². The quantitative estimate of drug-likeness (QED) is 0.812. The number of fused-ring (bicyclic) bond motifs is 1. The highest BCUT2D eigenvalue weighted by molar-refractivity contribution is 5.83. The number of halogens is 1. The SMILES string of the molecule is CC1(O)CCN(C(=O)NCCc2c[nH]c3cc(F)ccc23)C1. The minimum absolute atomic E-state index is 0.149. The zero-order valence-corrected chi connectivity index (χ0v) is 12.5. The van der Waals surface area contributed by atoms with E-state index in [9.17, 15) is 14.3 Å². The summed E-state index contributed by atoms with van der Waals surface area (Å²) in [5, 5.41) is 13.7. The van der Waals surface area contributed by atoms with E-state index in [1.165, 1.54) is 12.1 Å². The number of rotatable bonds is 3. The first-order chi connectivity index (χ1) is 10.4. The molecule has 3 rings (SSSR count). The summed E-state index contributed by atoms with van der Waals surface area (Å²) >= 11 is 0. The van der Waals surface area contributed by atoms with Crippen molar-refractivity contribution >= 4 is 16.9 Å². The van der Waals surface area contributed by atoms with Gasteiger partial charge in [-0.15, -0.1) is 0 Å². The zero-order valence-electron chi connectivity index (χ0n) is 12.5. The topological polar surface area (TPSA) is 68.4 Å². The lowest BCUT2D eigenvalue weighted by atomic mass is 10.1. The molecule has 0 spiro atoms. The highest BCUT2D eigenvalue weighted by Gasteiger charge is 2.33. The molecule has 0 aliphatic carbocycles. The lowest BCUT2D eigenvalue weighted by molar-refractivity contribution is 0.0719. The number of carbonyl (C=O) groups is 1. The molecule has 118 valence electrons. The molecule has 1 fully saturated rings. The molecule has 2 aromatic rings. The summed E-state index contributed by atoms with van der Waals surface area (Å²) in [6, 6.07) is 4.49. The van der Waals surface area contributed by atoms with E-state index in [0.717, 1.165) is 16.5 Å². The van der Waals surface area contributed by atoms with Crippen molar-refractivity contribution in [2.75, 3.05) is 19.6 Å². The van der Waals surface area contributed by atoms with Gasteiger partial charge in [0.05, 0.1) is 12.1 Å². The number of likely N-dealkylation sites (tertiary alicyclic amines) is 1. The third-order valence-electron chi connectivity index (χ3n) is 4.14. The van der Waals surface area contributed by atoms with Crippen molar-refractivity contribution in [2.24, 2.45) is 0 Å². The van der Waals surface area contributed by atoms with Crippen molar-refractivity contribution in [1.29, 1.82) is 0 Å². The average molecular weight is 305 g/mol. The van der Waals surface area contributed by atoms with Crippen LogP contribution < -0.4 is 5.32 Å². The predicted molar refractivity (Wildman–Crippen MR) is 82.2 cm³/mol. The molecule has 1 atom stereocenters. The molecule has 0 saturated carbocycles. The first kappa shape index (κ1) is 14.8. The number of benzene rings is 1. The van der Waals surface area contributed by atoms with Crippen LogP contribution in [0.2, 0.25) is 0 Å². The van der Waals surface area contributed by atoms with Crippen LogP contribution in [-0.2, 0) is 6.42 Å². The standard InChI is InChI=1S/C16H20FN3O2/c1-16(22)5-7-20(10-16)15(21)18-6-4-11-9-19-14-8-12(17)2-3-13(11)14/h2-3,8-9,19,22H,4-7,10H2,1H3,(H,18,21). The lowest BCUT2D eigenvalue weighted by Gasteiger charge is -2.19. The van der Waals surface area contributed by atoms with Crippen LogP contribution in [0.1, 0.15) is 18.9 Å². The second kappa shape index (κ2) is 5.61. The van der Waals surface area contributed by atoms with E-state index in [0.29, 0.717) is 32.5 Å². The maximum atomic E-state index is 13.1. The number of amides is 2. The van der Waals surface area contributed by atoms with Crippen LogP contribution in [0.25, 0.3) is 10.9 Å². The maximum absolute atomic E-state index is 13.1. The second-order valence-electron chi connectivity index (χ2n) is 6.15. The maximum Gasteiger partial charge on any atom is 0.317 e. The Balaban J connectivity index is 1.55. The molecular formula is C16H20FN3O2. The molecule has 0 bridgehead atoms. The van der Waals surface area contributed by atoms with E-state index in [4.69, 9.17) is 0 Å². The Morgan fingerprint density at radius 3 is 3.09 bits per heavy atom. The Kier molecular flexibility index (Phi) is 3.78. The minimum Gasteiger partial charge on any atom is -0.388 e. The zero-order chi connectivity index (χ0) is 15.7. The van der Waals surface area contributed by atoms with Crippen molar-refractivity contribution in [3.63, 3.8) is 0 Å². The van der Waals surface area contributed by atoms with Crippen LogP contribution >= 0.6 is 0 Å². The molecule has 1 aliphatic rings. The van der Waals surface area contributed by atoms with Gasteiger partial charge in [-0.3, -0.25) is 0 Å². The number of nitrogens with zero attached hydrogens (tertiary/aromatic N) is 1. The van der Waals surface area contributed by atoms with Crippen molar-refractivity contribution in [2.45, 2.75) is 25.4 Å². The Hall–Kier alpha value is -2.08. The van der Waals surface area contributed by atoms with Gasteiger partial charge in [-0.2, -0.15) is 0 Å². The smallest absolute Gasteiger partial charge is 0.317 e. The summed E-state index contributed by atoms with van der Waals surface area (Å²) in [6.07, 6.45) is 3.12. The molecule has 1 aromatic heterocycles. The molecule has 1 unspecified atom stereocenters.